The number of nitrogens with two attached hydrogens (primary N) is 1. The Morgan fingerprint density at radius 1 is 1.00 bits per heavy atom. The lowest BCUT2D eigenvalue weighted by molar-refractivity contribution is -0.292. The molecule has 5 rings (SSSR count). The molecule has 13 heteroatoms. The number of aromatic nitrogens is 5. The summed E-state index contributed by atoms with van der Waals surface area (Å²) in [5.74, 6) is -5.95. The fourth-order valence-electron chi connectivity index (χ4n) is 4.60. The summed E-state index contributed by atoms with van der Waals surface area (Å²) in [5.41, 5.74) is 6.88. The molecule has 3 aromatic heterocycles. The van der Waals surface area contributed by atoms with Gasteiger partial charge in [0.15, 0.2) is 11.5 Å². The van der Waals surface area contributed by atoms with E-state index < -0.39 is 17.9 Å². The maximum Gasteiger partial charge on any atom is 0.461 e. The summed E-state index contributed by atoms with van der Waals surface area (Å²) >= 11 is 0. The quantitative estimate of drug-likeness (QED) is 0.298. The van der Waals surface area contributed by atoms with Gasteiger partial charge in [-0.15, -0.1) is 0 Å². The average molecular weight is 560 g/mol. The van der Waals surface area contributed by atoms with Gasteiger partial charge in [0.25, 0.3) is 0 Å². The Labute approximate surface area is 226 Å². The molecule has 4 aromatic rings. The van der Waals surface area contributed by atoms with Gasteiger partial charge in [-0.2, -0.15) is 22.0 Å². The van der Waals surface area contributed by atoms with Gasteiger partial charge in [-0.25, -0.2) is 19.9 Å². The summed E-state index contributed by atoms with van der Waals surface area (Å²) in [6, 6.07) is 7.35. The Morgan fingerprint density at radius 3 is 2.30 bits per heavy atom. The first-order chi connectivity index (χ1) is 19.0. The standard InChI is InChI=1S/C27H26F5N7O/c1-2-3-17-12-22-23(34-13-17)39(24(37-22)26(28,29)27(30,31)32)19-4-6-20(7-5-19)40-21-8-10-38(11-9-21)16-18-14-35-25(33)36-15-18/h2-7,12-15,21H,8-11,16H2,1H3,(H2,33,35,36). The highest BCUT2D eigenvalue weighted by Gasteiger charge is 2.62. The molecule has 2 N–H and O–H groups in total. The van der Waals surface area contributed by atoms with E-state index in [1.165, 1.54) is 24.4 Å². The molecule has 210 valence electrons. The molecule has 1 saturated heterocycles. The van der Waals surface area contributed by atoms with Crippen molar-refractivity contribution in [3.05, 3.63) is 71.9 Å². The second-order valence-corrected chi connectivity index (χ2v) is 9.49. The molecular formula is C27H26F5N7O. The van der Waals surface area contributed by atoms with Crippen LogP contribution in [0.25, 0.3) is 22.9 Å². The number of nitrogen functional groups attached to an aromatic ring is 1. The van der Waals surface area contributed by atoms with Crippen LogP contribution in [0, 0.1) is 0 Å². The van der Waals surface area contributed by atoms with Crippen molar-refractivity contribution in [2.45, 2.75) is 44.5 Å². The first-order valence-corrected chi connectivity index (χ1v) is 12.6. The van der Waals surface area contributed by atoms with Gasteiger partial charge in [0.05, 0.1) is 0 Å². The average Bonchev–Trinajstić information content (AvgIpc) is 3.31. The molecule has 1 aliphatic rings. The van der Waals surface area contributed by atoms with Crippen LogP contribution in [0.4, 0.5) is 27.9 Å². The van der Waals surface area contributed by atoms with Crippen LogP contribution in [0.1, 0.15) is 36.7 Å². The lowest BCUT2D eigenvalue weighted by atomic mass is 10.1. The Morgan fingerprint density at radius 2 is 1.68 bits per heavy atom. The van der Waals surface area contributed by atoms with Crippen molar-refractivity contribution in [1.82, 2.24) is 29.4 Å². The number of halogens is 5. The minimum atomic E-state index is -5.84. The van der Waals surface area contributed by atoms with Crippen LogP contribution in [0.3, 0.4) is 0 Å². The van der Waals surface area contributed by atoms with E-state index in [1.807, 2.05) is 0 Å². The largest absolute Gasteiger partial charge is 0.490 e. The topological polar surface area (TPSA) is 95.0 Å². The fraction of sp³-hybridized carbons (Fsp3) is 0.333. The molecule has 1 aliphatic heterocycles. The van der Waals surface area contributed by atoms with Gasteiger partial charge in [0.2, 0.25) is 5.95 Å². The van der Waals surface area contributed by atoms with Crippen LogP contribution >= 0.6 is 0 Å². The Balaban J connectivity index is 1.34. The van der Waals surface area contributed by atoms with Crippen LogP contribution in [-0.2, 0) is 12.5 Å². The smallest absolute Gasteiger partial charge is 0.461 e. The van der Waals surface area contributed by atoms with E-state index in [0.29, 0.717) is 17.9 Å². The molecule has 0 spiro atoms. The third-order valence-corrected chi connectivity index (χ3v) is 6.58. The Kier molecular flexibility index (Phi) is 7.41. The monoisotopic (exact) mass is 559 g/mol. The summed E-state index contributed by atoms with van der Waals surface area (Å²) < 4.78 is 76.1. The number of hydrogen-bond acceptors (Lipinski definition) is 7. The Bertz CT molecular complexity index is 1490. The molecule has 4 heterocycles. The van der Waals surface area contributed by atoms with E-state index in [0.717, 1.165) is 36.1 Å². The van der Waals surface area contributed by atoms with Gasteiger partial charge in [-0.3, -0.25) is 9.47 Å². The maximum absolute atomic E-state index is 14.6. The maximum atomic E-state index is 14.6. The summed E-state index contributed by atoms with van der Waals surface area (Å²) in [5, 5.41) is 0. The predicted molar refractivity (Wildman–Crippen MR) is 139 cm³/mol. The highest BCUT2D eigenvalue weighted by atomic mass is 19.4. The number of nitrogens with zero attached hydrogens (tertiary/aromatic N) is 6. The predicted octanol–water partition coefficient (Wildman–Crippen LogP) is 5.52. The van der Waals surface area contributed by atoms with Gasteiger partial charge < -0.3 is 10.5 Å². The van der Waals surface area contributed by atoms with Gasteiger partial charge in [-0.05, 0) is 55.7 Å². The number of ether oxygens (including phenoxy) is 1. The van der Waals surface area contributed by atoms with E-state index in [2.05, 4.69) is 24.8 Å². The van der Waals surface area contributed by atoms with Crippen molar-refractivity contribution in [2.24, 2.45) is 0 Å². The van der Waals surface area contributed by atoms with E-state index in [9.17, 15) is 22.0 Å². The zero-order valence-corrected chi connectivity index (χ0v) is 21.4. The van der Waals surface area contributed by atoms with Gasteiger partial charge >= 0.3 is 12.1 Å². The zero-order chi connectivity index (χ0) is 28.5. The van der Waals surface area contributed by atoms with Crippen molar-refractivity contribution in [1.29, 1.82) is 0 Å². The number of anilines is 1. The lowest BCUT2D eigenvalue weighted by Gasteiger charge is -2.32. The number of piperidine rings is 1. The number of likely N-dealkylation sites (tertiary alicyclic amines) is 1. The highest BCUT2D eigenvalue weighted by molar-refractivity contribution is 5.77. The number of imidazole rings is 1. The number of allylic oxidation sites excluding steroid dienone is 1. The lowest BCUT2D eigenvalue weighted by Crippen LogP contribution is -2.37. The van der Waals surface area contributed by atoms with Crippen molar-refractivity contribution in [3.63, 3.8) is 0 Å². The molecule has 0 radical (unpaired) electrons. The van der Waals surface area contributed by atoms with Crippen molar-refractivity contribution in [3.8, 4) is 11.4 Å². The van der Waals surface area contributed by atoms with Crippen molar-refractivity contribution < 1.29 is 26.7 Å². The fourth-order valence-corrected chi connectivity index (χ4v) is 4.60. The molecule has 40 heavy (non-hydrogen) atoms. The van der Waals surface area contributed by atoms with E-state index in [1.54, 1.807) is 43.6 Å². The van der Waals surface area contributed by atoms with E-state index >= 15 is 0 Å². The van der Waals surface area contributed by atoms with E-state index in [-0.39, 0.29) is 28.9 Å². The van der Waals surface area contributed by atoms with Crippen LogP contribution < -0.4 is 10.5 Å². The number of alkyl halides is 5. The third kappa shape index (κ3) is 5.60. The SMILES string of the molecule is CC=Cc1cnc2c(c1)nc(C(F)(F)C(F)(F)F)n2-c1ccc(OC2CCN(Cc3cnc(N)nc3)CC2)cc1. The second-order valence-electron chi connectivity index (χ2n) is 9.49. The summed E-state index contributed by atoms with van der Waals surface area (Å²) in [6.07, 6.45) is 3.73. The number of fused-ring (bicyclic) bond motifs is 1. The molecular weight excluding hydrogens is 533 g/mol. The molecule has 0 atom stereocenters. The normalized spacial score (nSPS) is 15.8. The molecule has 0 bridgehead atoms. The number of hydrogen-bond donors (Lipinski definition) is 1. The third-order valence-electron chi connectivity index (χ3n) is 6.58. The molecule has 8 nitrogen and oxygen atoms in total. The Hall–Kier alpha value is -4.13. The minimum Gasteiger partial charge on any atom is -0.490 e. The number of rotatable bonds is 7. The molecule has 1 fully saturated rings. The van der Waals surface area contributed by atoms with E-state index in [4.69, 9.17) is 10.5 Å². The van der Waals surface area contributed by atoms with Crippen LogP contribution in [0.5, 0.6) is 5.75 Å². The summed E-state index contributed by atoms with van der Waals surface area (Å²) in [4.78, 5) is 18.1. The number of pyridine rings is 1. The molecule has 0 saturated carbocycles. The van der Waals surface area contributed by atoms with Gasteiger partial charge in [0.1, 0.15) is 17.4 Å². The minimum absolute atomic E-state index is 0.0561. The molecule has 0 unspecified atom stereocenters. The molecule has 1 aromatic carbocycles. The zero-order valence-electron chi connectivity index (χ0n) is 21.4. The second kappa shape index (κ2) is 10.8. The summed E-state index contributed by atoms with van der Waals surface area (Å²) in [7, 11) is 0. The summed E-state index contributed by atoms with van der Waals surface area (Å²) in [6.45, 7) is 4.00. The molecule has 0 aliphatic carbocycles. The first kappa shape index (κ1) is 27.4. The van der Waals surface area contributed by atoms with Crippen molar-refractivity contribution in [2.75, 3.05) is 18.8 Å². The molecule has 0 amide bonds. The first-order valence-electron chi connectivity index (χ1n) is 12.6. The van der Waals surface area contributed by atoms with Crippen LogP contribution in [-0.4, -0.2) is 54.8 Å². The van der Waals surface area contributed by atoms with Crippen LogP contribution in [0.2, 0.25) is 0 Å². The van der Waals surface area contributed by atoms with Gasteiger partial charge in [-0.1, -0.05) is 12.2 Å². The highest BCUT2D eigenvalue weighted by Crippen LogP contribution is 2.45. The van der Waals surface area contributed by atoms with Crippen LogP contribution in [0.15, 0.2) is 55.0 Å². The number of benzene rings is 1. The van der Waals surface area contributed by atoms with Crippen molar-refractivity contribution >= 4 is 23.2 Å². The van der Waals surface area contributed by atoms with Gasteiger partial charge in [0, 0.05) is 49.5 Å².